The van der Waals surface area contributed by atoms with Gasteiger partial charge in [0, 0.05) is 17.2 Å². The minimum Gasteiger partial charge on any atom is -0.858 e. The Morgan fingerprint density at radius 1 is 0.919 bits per heavy atom. The predicted molar refractivity (Wildman–Crippen MR) is 141 cm³/mol. The zero-order valence-electron chi connectivity index (χ0n) is 20.3. The molecule has 0 aliphatic carbocycles. The molecule has 2 aromatic carbocycles. The number of aryl methyl sites for hydroxylation is 1. The van der Waals surface area contributed by atoms with E-state index in [2.05, 4.69) is 5.10 Å². The van der Waals surface area contributed by atoms with Crippen LogP contribution >= 0.6 is 23.2 Å². The largest absolute Gasteiger partial charge is 0.858 e. The number of carbonyl (C=O) groups is 2. The van der Waals surface area contributed by atoms with Crippen molar-refractivity contribution >= 4 is 52.0 Å². The van der Waals surface area contributed by atoms with E-state index in [1.54, 1.807) is 65.5 Å². The first-order valence-electron chi connectivity index (χ1n) is 11.6. The van der Waals surface area contributed by atoms with Crippen LogP contribution in [0.3, 0.4) is 0 Å². The summed E-state index contributed by atoms with van der Waals surface area (Å²) in [5.41, 5.74) is 2.26. The molecular weight excluding hydrogens is 511 g/mol. The summed E-state index contributed by atoms with van der Waals surface area (Å²) < 4.78 is 2.79. The van der Waals surface area contributed by atoms with E-state index >= 15 is 0 Å². The van der Waals surface area contributed by atoms with E-state index < -0.39 is 17.7 Å². The van der Waals surface area contributed by atoms with Crippen LogP contribution in [0.5, 0.6) is 5.88 Å². The van der Waals surface area contributed by atoms with Crippen LogP contribution < -0.4 is 14.6 Å². The fourth-order valence-electron chi connectivity index (χ4n) is 4.38. The molecule has 0 spiro atoms. The van der Waals surface area contributed by atoms with Crippen LogP contribution in [-0.4, -0.2) is 21.6 Å². The summed E-state index contributed by atoms with van der Waals surface area (Å²) in [5.74, 6) is -1.87. The fraction of sp³-hybridized carbons (Fsp3) is 0.143. The molecule has 3 heterocycles. The molecule has 4 aromatic rings. The molecule has 0 N–H and O–H groups in total. The molecule has 9 heteroatoms. The van der Waals surface area contributed by atoms with Gasteiger partial charge in [0.05, 0.1) is 27.1 Å². The molecule has 1 aliphatic heterocycles. The van der Waals surface area contributed by atoms with Crippen molar-refractivity contribution in [1.82, 2.24) is 9.78 Å². The van der Waals surface area contributed by atoms with Gasteiger partial charge in [-0.05, 0) is 55.1 Å². The van der Waals surface area contributed by atoms with E-state index in [1.165, 1.54) is 10.7 Å². The zero-order valence-corrected chi connectivity index (χ0v) is 21.8. The van der Waals surface area contributed by atoms with Gasteiger partial charge in [0.15, 0.2) is 12.4 Å². The Hall–Kier alpha value is -3.94. The third-order valence-corrected chi connectivity index (χ3v) is 6.83. The van der Waals surface area contributed by atoms with Gasteiger partial charge in [0.25, 0.3) is 11.6 Å². The molecule has 0 radical (unpaired) electrons. The quantitative estimate of drug-likeness (QED) is 0.270. The van der Waals surface area contributed by atoms with Crippen LogP contribution in [0.1, 0.15) is 36.6 Å². The Kier molecular flexibility index (Phi) is 6.35. The molecule has 37 heavy (non-hydrogen) atoms. The van der Waals surface area contributed by atoms with Crippen LogP contribution in [0.2, 0.25) is 10.0 Å². The zero-order chi connectivity index (χ0) is 26.4. The van der Waals surface area contributed by atoms with Crippen molar-refractivity contribution in [1.29, 1.82) is 0 Å². The second kappa shape index (κ2) is 9.50. The minimum absolute atomic E-state index is 0.00413. The summed E-state index contributed by atoms with van der Waals surface area (Å²) in [7, 11) is 0. The molecule has 7 nitrogen and oxygen atoms in total. The molecular formula is C28H22Cl2N4O3. The molecule has 0 saturated carbocycles. The highest BCUT2D eigenvalue weighted by Gasteiger charge is 2.47. The first-order chi connectivity index (χ1) is 17.7. The van der Waals surface area contributed by atoms with Crippen LogP contribution in [0.15, 0.2) is 73.1 Å². The summed E-state index contributed by atoms with van der Waals surface area (Å²) in [6.45, 7) is 5.63. The smallest absolute Gasteiger partial charge is 0.331 e. The Bertz CT molecular complexity index is 1590. The number of rotatable bonds is 5. The number of halogens is 2. The third-order valence-electron chi connectivity index (χ3n) is 6.10. The standard InChI is InChI=1S/C28H22Cl2N4O3/c1-16(2)24-22(27(36)34(31-24)19-11-12-20(29)21(30)14-19)23-25(32-13-7-8-17(3)15-32)28(37)33(26(23)35)18-9-5-4-6-10-18/h4-16H,1-3H3. The maximum Gasteiger partial charge on any atom is 0.331 e. The minimum atomic E-state index is -0.590. The van der Waals surface area contributed by atoms with Crippen LogP contribution in [0.4, 0.5) is 5.69 Å². The van der Waals surface area contributed by atoms with Gasteiger partial charge in [-0.25, -0.2) is 9.58 Å². The number of carbonyl (C=O) groups excluding carboxylic acids is 2. The van der Waals surface area contributed by atoms with Gasteiger partial charge in [-0.2, -0.15) is 9.67 Å². The van der Waals surface area contributed by atoms with Crippen molar-refractivity contribution < 1.29 is 19.3 Å². The topological polar surface area (TPSA) is 82.1 Å². The Morgan fingerprint density at radius 3 is 2.30 bits per heavy atom. The van der Waals surface area contributed by atoms with E-state index in [0.717, 1.165) is 10.5 Å². The van der Waals surface area contributed by atoms with Gasteiger partial charge in [-0.15, -0.1) is 0 Å². The molecule has 0 unspecified atom stereocenters. The van der Waals surface area contributed by atoms with Gasteiger partial charge in [0.1, 0.15) is 5.57 Å². The second-order valence-corrected chi connectivity index (χ2v) is 9.84. The lowest BCUT2D eigenvalue weighted by molar-refractivity contribution is -0.577. The number of pyridine rings is 1. The first kappa shape index (κ1) is 24.7. The lowest BCUT2D eigenvalue weighted by Crippen LogP contribution is -2.39. The molecule has 1 aliphatic rings. The van der Waals surface area contributed by atoms with Gasteiger partial charge < -0.3 is 5.11 Å². The second-order valence-electron chi connectivity index (χ2n) is 9.02. The number of anilines is 1. The maximum atomic E-state index is 14.0. The van der Waals surface area contributed by atoms with E-state index in [1.807, 2.05) is 26.8 Å². The summed E-state index contributed by atoms with van der Waals surface area (Å²) in [4.78, 5) is 28.9. The number of para-hydroxylation sites is 1. The van der Waals surface area contributed by atoms with Crippen LogP contribution in [0, 0.1) is 6.92 Å². The van der Waals surface area contributed by atoms with Crippen molar-refractivity contribution in [3.8, 4) is 11.6 Å². The number of nitrogens with zero attached hydrogens (tertiary/aromatic N) is 4. The highest BCUT2D eigenvalue weighted by molar-refractivity contribution is 6.53. The van der Waals surface area contributed by atoms with E-state index in [9.17, 15) is 14.7 Å². The first-order valence-corrected chi connectivity index (χ1v) is 12.4. The molecule has 0 bridgehead atoms. The molecule has 186 valence electrons. The SMILES string of the molecule is Cc1ccc[n+](C2=C(c3c(C(C)C)nn(-c4ccc(Cl)c(Cl)c4)c3[O-])C(=O)N(c3ccccc3)C2=O)c1. The van der Waals surface area contributed by atoms with Gasteiger partial charge in [-0.1, -0.05) is 55.2 Å². The van der Waals surface area contributed by atoms with Gasteiger partial charge in [-0.3, -0.25) is 9.59 Å². The lowest BCUT2D eigenvalue weighted by atomic mass is 9.98. The number of hydrogen-bond acceptors (Lipinski definition) is 4. The molecule has 0 atom stereocenters. The van der Waals surface area contributed by atoms with E-state index in [-0.39, 0.29) is 27.8 Å². The number of hydrogen-bond donors (Lipinski definition) is 0. The molecule has 2 amide bonds. The Morgan fingerprint density at radius 2 is 1.65 bits per heavy atom. The van der Waals surface area contributed by atoms with E-state index in [0.29, 0.717) is 22.1 Å². The normalized spacial score (nSPS) is 13.8. The highest BCUT2D eigenvalue weighted by Crippen LogP contribution is 2.41. The maximum absolute atomic E-state index is 14.0. The number of imide groups is 1. The molecule has 0 fully saturated rings. The number of amides is 2. The monoisotopic (exact) mass is 532 g/mol. The molecule has 5 rings (SSSR count). The molecule has 2 aromatic heterocycles. The lowest BCUT2D eigenvalue weighted by Gasteiger charge is -2.16. The van der Waals surface area contributed by atoms with Gasteiger partial charge in [0.2, 0.25) is 0 Å². The molecule has 0 saturated heterocycles. The average molecular weight is 533 g/mol. The van der Waals surface area contributed by atoms with Crippen molar-refractivity contribution in [2.45, 2.75) is 26.7 Å². The van der Waals surface area contributed by atoms with Crippen molar-refractivity contribution in [3.05, 3.63) is 99.9 Å². The predicted octanol–water partition coefficient (Wildman–Crippen LogP) is 4.91. The summed E-state index contributed by atoms with van der Waals surface area (Å²) in [6, 6.07) is 17.0. The number of benzene rings is 2. The summed E-state index contributed by atoms with van der Waals surface area (Å²) in [6.07, 6.45) is 3.43. The Balaban J connectivity index is 1.80. The average Bonchev–Trinajstić information content (AvgIpc) is 3.34. The van der Waals surface area contributed by atoms with Gasteiger partial charge >= 0.3 is 5.91 Å². The Labute approximate surface area is 223 Å². The fourth-order valence-corrected chi connectivity index (χ4v) is 4.67. The summed E-state index contributed by atoms with van der Waals surface area (Å²) >= 11 is 12.3. The highest BCUT2D eigenvalue weighted by atomic mass is 35.5. The van der Waals surface area contributed by atoms with Crippen molar-refractivity contribution in [3.63, 3.8) is 0 Å². The third kappa shape index (κ3) is 4.20. The number of aromatic nitrogens is 3. The van der Waals surface area contributed by atoms with Crippen molar-refractivity contribution in [2.75, 3.05) is 4.90 Å². The summed E-state index contributed by atoms with van der Waals surface area (Å²) in [5, 5.41) is 19.1. The van der Waals surface area contributed by atoms with Crippen LogP contribution in [-0.2, 0) is 9.59 Å². The van der Waals surface area contributed by atoms with Crippen LogP contribution in [0.25, 0.3) is 17.0 Å². The van der Waals surface area contributed by atoms with Crippen molar-refractivity contribution in [2.24, 2.45) is 0 Å². The van der Waals surface area contributed by atoms with E-state index in [4.69, 9.17) is 23.2 Å².